The number of carbonyl (C=O) groups is 1. The van der Waals surface area contributed by atoms with E-state index in [0.29, 0.717) is 6.42 Å². The number of carbonyl (C=O) groups excluding carboxylic acids is 1. The second-order valence-corrected chi connectivity index (χ2v) is 3.76. The Labute approximate surface area is 113 Å². The summed E-state index contributed by atoms with van der Waals surface area (Å²) in [5.74, 6) is 0.153. The number of hydrogen-bond donors (Lipinski definition) is 0. The van der Waals surface area contributed by atoms with E-state index in [1.807, 2.05) is 57.7 Å². The predicted molar refractivity (Wildman–Crippen MR) is 81.4 cm³/mol. The zero-order valence-corrected chi connectivity index (χ0v) is 12.9. The third kappa shape index (κ3) is 7.10. The lowest BCUT2D eigenvalue weighted by Gasteiger charge is -2.25. The molecule has 0 saturated heterocycles. The maximum absolute atomic E-state index is 11.8. The van der Waals surface area contributed by atoms with Crippen LogP contribution >= 0.6 is 0 Å². The first-order chi connectivity index (χ1) is 8.58. The quantitative estimate of drug-likeness (QED) is 0.627. The highest BCUT2D eigenvalue weighted by atomic mass is 16.2. The molecule has 0 aromatic rings. The average Bonchev–Trinajstić information content (AvgIpc) is 2.39. The zero-order chi connectivity index (χ0) is 14.6. The minimum atomic E-state index is 0.153. The van der Waals surface area contributed by atoms with Crippen LogP contribution in [0.15, 0.2) is 36.1 Å². The summed E-state index contributed by atoms with van der Waals surface area (Å²) in [5.41, 5.74) is 1.85. The highest BCUT2D eigenvalue weighted by Crippen LogP contribution is 2.15. The van der Waals surface area contributed by atoms with E-state index in [1.165, 1.54) is 0 Å². The van der Waals surface area contributed by atoms with Crippen molar-refractivity contribution in [3.63, 3.8) is 0 Å². The summed E-state index contributed by atoms with van der Waals surface area (Å²) in [6.07, 6.45) is 7.32. The normalized spacial score (nSPS) is 10.9. The number of rotatable bonds is 6. The maximum Gasteiger partial charge on any atom is 0.226 e. The number of hydrogen-bond acceptors (Lipinski definition) is 1. The van der Waals surface area contributed by atoms with Crippen molar-refractivity contribution in [2.75, 3.05) is 6.54 Å². The molecule has 0 bridgehead atoms. The molecule has 0 aliphatic carbocycles. The molecule has 0 aliphatic rings. The molecular weight excluding hydrogens is 222 g/mol. The summed E-state index contributed by atoms with van der Waals surface area (Å²) < 4.78 is 0. The summed E-state index contributed by atoms with van der Waals surface area (Å²) in [4.78, 5) is 13.7. The van der Waals surface area contributed by atoms with Gasteiger partial charge >= 0.3 is 0 Å². The van der Waals surface area contributed by atoms with Gasteiger partial charge in [-0.25, -0.2) is 0 Å². The fourth-order valence-corrected chi connectivity index (χ4v) is 1.44. The van der Waals surface area contributed by atoms with E-state index in [4.69, 9.17) is 0 Å². The lowest BCUT2D eigenvalue weighted by molar-refractivity contribution is -0.128. The molecule has 0 heterocycles. The Kier molecular flexibility index (Phi) is 12.9. The van der Waals surface area contributed by atoms with Gasteiger partial charge in [-0.2, -0.15) is 0 Å². The third-order valence-corrected chi connectivity index (χ3v) is 2.23. The van der Waals surface area contributed by atoms with Crippen molar-refractivity contribution < 1.29 is 4.79 Å². The van der Waals surface area contributed by atoms with Gasteiger partial charge in [0.2, 0.25) is 5.91 Å². The summed E-state index contributed by atoms with van der Waals surface area (Å²) in [7, 11) is 0. The van der Waals surface area contributed by atoms with Crippen molar-refractivity contribution in [2.45, 2.75) is 54.4 Å². The maximum atomic E-state index is 11.8. The topological polar surface area (TPSA) is 20.3 Å². The van der Waals surface area contributed by atoms with Gasteiger partial charge in [-0.15, -0.1) is 0 Å². The molecule has 0 rings (SSSR count). The van der Waals surface area contributed by atoms with Gasteiger partial charge in [0, 0.05) is 18.7 Å². The van der Waals surface area contributed by atoms with Crippen LogP contribution in [0.5, 0.6) is 0 Å². The first kappa shape index (κ1) is 19.0. The molecular formula is C16H29NO. The molecule has 0 spiro atoms. The van der Waals surface area contributed by atoms with E-state index in [-0.39, 0.29) is 5.91 Å². The van der Waals surface area contributed by atoms with Crippen molar-refractivity contribution in [2.24, 2.45) is 0 Å². The van der Waals surface area contributed by atoms with Crippen LogP contribution in [0, 0.1) is 0 Å². The minimum absolute atomic E-state index is 0.153. The van der Waals surface area contributed by atoms with Crippen molar-refractivity contribution >= 4 is 5.91 Å². The molecule has 0 unspecified atom stereocenters. The van der Waals surface area contributed by atoms with Crippen LogP contribution in [0.3, 0.4) is 0 Å². The van der Waals surface area contributed by atoms with E-state index in [9.17, 15) is 4.79 Å². The molecule has 1 amide bonds. The molecule has 0 fully saturated rings. The van der Waals surface area contributed by atoms with Crippen LogP contribution in [0.1, 0.15) is 54.4 Å². The Hall–Kier alpha value is -1.31. The highest BCUT2D eigenvalue weighted by Gasteiger charge is 2.15. The van der Waals surface area contributed by atoms with E-state index < -0.39 is 0 Å². The van der Waals surface area contributed by atoms with Crippen molar-refractivity contribution in [3.8, 4) is 0 Å². The van der Waals surface area contributed by atoms with Crippen molar-refractivity contribution in [1.82, 2.24) is 4.90 Å². The Morgan fingerprint density at radius 1 is 1.28 bits per heavy atom. The van der Waals surface area contributed by atoms with Crippen LogP contribution in [-0.4, -0.2) is 17.4 Å². The molecule has 0 N–H and O–H groups in total. The predicted octanol–water partition coefficient (Wildman–Crippen LogP) is 4.70. The van der Waals surface area contributed by atoms with Gasteiger partial charge in [0.05, 0.1) is 0 Å². The molecule has 0 aliphatic heterocycles. The molecule has 104 valence electrons. The first-order valence-corrected chi connectivity index (χ1v) is 6.87. The van der Waals surface area contributed by atoms with E-state index in [2.05, 4.69) is 13.5 Å². The largest absolute Gasteiger partial charge is 0.312 e. The lowest BCUT2D eigenvalue weighted by Crippen LogP contribution is -2.30. The molecule has 18 heavy (non-hydrogen) atoms. The SMILES string of the molecule is C=C(C)/C(=C\C=C/C)N(CCC)C(=O)CC.CC. The van der Waals surface area contributed by atoms with Crippen LogP contribution < -0.4 is 0 Å². The third-order valence-electron chi connectivity index (χ3n) is 2.23. The van der Waals surface area contributed by atoms with Crippen LogP contribution in [-0.2, 0) is 4.79 Å². The number of allylic oxidation sites excluding steroid dienone is 4. The second kappa shape index (κ2) is 12.2. The Morgan fingerprint density at radius 2 is 1.83 bits per heavy atom. The van der Waals surface area contributed by atoms with E-state index in [0.717, 1.165) is 24.2 Å². The first-order valence-electron chi connectivity index (χ1n) is 6.87. The van der Waals surface area contributed by atoms with Crippen LogP contribution in [0.4, 0.5) is 0 Å². The monoisotopic (exact) mass is 251 g/mol. The Morgan fingerprint density at radius 3 is 2.17 bits per heavy atom. The minimum Gasteiger partial charge on any atom is -0.312 e. The van der Waals surface area contributed by atoms with Crippen molar-refractivity contribution in [1.29, 1.82) is 0 Å². The van der Waals surface area contributed by atoms with Gasteiger partial charge in [0.1, 0.15) is 0 Å². The van der Waals surface area contributed by atoms with Gasteiger partial charge in [0.15, 0.2) is 0 Å². The second-order valence-electron chi connectivity index (χ2n) is 3.76. The number of nitrogens with zero attached hydrogens (tertiary/aromatic N) is 1. The van der Waals surface area contributed by atoms with Crippen molar-refractivity contribution in [3.05, 3.63) is 36.1 Å². The Bertz CT molecular complexity index is 300. The Balaban J connectivity index is 0. The molecule has 0 aromatic carbocycles. The summed E-state index contributed by atoms with van der Waals surface area (Å²) in [6.45, 7) is 16.5. The van der Waals surface area contributed by atoms with Gasteiger partial charge in [0.25, 0.3) is 0 Å². The van der Waals surface area contributed by atoms with Crippen LogP contribution in [0.2, 0.25) is 0 Å². The fourth-order valence-electron chi connectivity index (χ4n) is 1.44. The highest BCUT2D eigenvalue weighted by molar-refractivity contribution is 5.78. The van der Waals surface area contributed by atoms with E-state index in [1.54, 1.807) is 0 Å². The molecule has 0 atom stereocenters. The van der Waals surface area contributed by atoms with E-state index >= 15 is 0 Å². The average molecular weight is 251 g/mol. The standard InChI is InChI=1S/C14H23NO.C2H6/c1-6-9-10-13(12(4)5)15(11-7-2)14(16)8-3;1-2/h6,9-10H,4,7-8,11H2,1-3,5H3;1-2H3/b9-6-,13-10+;. The summed E-state index contributed by atoms with van der Waals surface area (Å²) in [6, 6.07) is 0. The molecule has 0 radical (unpaired) electrons. The van der Waals surface area contributed by atoms with Crippen LogP contribution in [0.25, 0.3) is 0 Å². The van der Waals surface area contributed by atoms with Gasteiger partial charge in [-0.3, -0.25) is 4.79 Å². The number of amides is 1. The lowest BCUT2D eigenvalue weighted by atomic mass is 10.1. The smallest absolute Gasteiger partial charge is 0.226 e. The van der Waals surface area contributed by atoms with Gasteiger partial charge in [-0.05, 0) is 31.9 Å². The molecule has 2 heteroatoms. The molecule has 0 aromatic heterocycles. The molecule has 0 saturated carbocycles. The molecule has 2 nitrogen and oxygen atoms in total. The summed E-state index contributed by atoms with van der Waals surface area (Å²) >= 11 is 0. The fraction of sp³-hybridized carbons (Fsp3) is 0.562. The zero-order valence-electron chi connectivity index (χ0n) is 12.9. The van der Waals surface area contributed by atoms with Gasteiger partial charge < -0.3 is 4.90 Å². The summed E-state index contributed by atoms with van der Waals surface area (Å²) in [5, 5.41) is 0. The van der Waals surface area contributed by atoms with Gasteiger partial charge in [-0.1, -0.05) is 46.4 Å².